The Morgan fingerprint density at radius 3 is 2.89 bits per heavy atom. The van der Waals surface area contributed by atoms with Gasteiger partial charge in [-0.15, -0.1) is 6.58 Å². The van der Waals surface area contributed by atoms with Crippen LogP contribution in [0.1, 0.15) is 25.7 Å². The highest BCUT2D eigenvalue weighted by Crippen LogP contribution is 2.33. The Morgan fingerprint density at radius 2 is 2.14 bits per heavy atom. The molecule has 0 saturated heterocycles. The number of H-pyrrole nitrogens is 1. The van der Waals surface area contributed by atoms with E-state index in [1.54, 1.807) is 12.3 Å². The van der Waals surface area contributed by atoms with Crippen molar-refractivity contribution in [3.05, 3.63) is 54.5 Å². The van der Waals surface area contributed by atoms with Crippen LogP contribution in [0.15, 0.2) is 49.3 Å². The zero-order chi connectivity index (χ0) is 25.5. The van der Waals surface area contributed by atoms with E-state index < -0.39 is 11.3 Å². The number of amides is 2. The van der Waals surface area contributed by atoms with Crippen molar-refractivity contribution in [3.8, 4) is 11.1 Å². The molecule has 4 rings (SSSR count). The van der Waals surface area contributed by atoms with Crippen LogP contribution in [0.2, 0.25) is 5.15 Å². The molecule has 1 fully saturated rings. The van der Waals surface area contributed by atoms with Crippen LogP contribution in [0.25, 0.3) is 22.2 Å². The van der Waals surface area contributed by atoms with Crippen molar-refractivity contribution in [2.45, 2.75) is 37.8 Å². The molecule has 3 aromatic heterocycles. The molecular formula is C24H29ClN7O3S-. The molecule has 1 aliphatic carbocycles. The molecule has 2 amide bonds. The maximum Gasteiger partial charge on any atom is 0.315 e. The lowest BCUT2D eigenvalue weighted by molar-refractivity contribution is 0.220. The van der Waals surface area contributed by atoms with Crippen molar-refractivity contribution in [2.24, 2.45) is 5.92 Å². The molecule has 192 valence electrons. The number of pyridine rings is 2. The van der Waals surface area contributed by atoms with Crippen LogP contribution in [0.4, 0.5) is 10.6 Å². The molecule has 12 heteroatoms. The maximum atomic E-state index is 12.2. The number of halogens is 1. The van der Waals surface area contributed by atoms with Gasteiger partial charge in [0, 0.05) is 59.8 Å². The third-order valence-electron chi connectivity index (χ3n) is 6.39. The molecule has 1 saturated carbocycles. The van der Waals surface area contributed by atoms with Crippen LogP contribution >= 0.6 is 11.6 Å². The molecule has 3 heterocycles. The van der Waals surface area contributed by atoms with Gasteiger partial charge in [0.05, 0.1) is 0 Å². The summed E-state index contributed by atoms with van der Waals surface area (Å²) in [6.07, 6.45) is 8.57. The lowest BCUT2D eigenvalue weighted by atomic mass is 9.81. The number of urea groups is 1. The first-order valence-corrected chi connectivity index (χ1v) is 13.2. The average molecular weight is 531 g/mol. The van der Waals surface area contributed by atoms with E-state index >= 15 is 0 Å². The minimum atomic E-state index is -2.40. The molecule has 36 heavy (non-hydrogen) atoms. The summed E-state index contributed by atoms with van der Waals surface area (Å²) in [7, 11) is 0. The van der Waals surface area contributed by atoms with Gasteiger partial charge < -0.3 is 25.5 Å². The molecule has 0 radical (unpaired) electrons. The molecule has 5 N–H and O–H groups in total. The number of carbonyl (C=O) groups is 1. The van der Waals surface area contributed by atoms with E-state index in [0.717, 1.165) is 47.8 Å². The van der Waals surface area contributed by atoms with Gasteiger partial charge in [-0.25, -0.2) is 19.5 Å². The van der Waals surface area contributed by atoms with E-state index in [-0.39, 0.29) is 30.6 Å². The van der Waals surface area contributed by atoms with Crippen molar-refractivity contribution < 1.29 is 13.6 Å². The number of hydrogen-bond donors (Lipinski definition) is 5. The van der Waals surface area contributed by atoms with Gasteiger partial charge in [-0.05, 0) is 61.4 Å². The summed E-state index contributed by atoms with van der Waals surface area (Å²) in [6.45, 7) is 4.05. The summed E-state index contributed by atoms with van der Waals surface area (Å²) in [6, 6.07) is 7.24. The molecule has 2 unspecified atom stereocenters. The van der Waals surface area contributed by atoms with Crippen LogP contribution in [-0.2, 0) is 11.3 Å². The fourth-order valence-corrected chi connectivity index (χ4v) is 5.20. The van der Waals surface area contributed by atoms with E-state index in [1.807, 2.05) is 30.5 Å². The molecule has 0 bridgehead atoms. The first kappa shape index (κ1) is 26.1. The lowest BCUT2D eigenvalue weighted by Crippen LogP contribution is -2.51. The number of fused-ring (bicyclic) bond motifs is 1. The van der Waals surface area contributed by atoms with E-state index in [0.29, 0.717) is 17.5 Å². The van der Waals surface area contributed by atoms with Crippen LogP contribution in [0, 0.1) is 5.92 Å². The first-order valence-electron chi connectivity index (χ1n) is 11.8. The third-order valence-corrected chi connectivity index (χ3v) is 6.99. The number of aromatic nitrogens is 3. The van der Waals surface area contributed by atoms with E-state index in [2.05, 4.69) is 42.2 Å². The summed E-state index contributed by atoms with van der Waals surface area (Å²) >= 11 is 3.96. The SMILES string of the molecule is C=CCNC(=O)NC(CNS(=O)[O-])C1CCC(Nc2cc(-c3c[nH]c4ncccc34)cc(Cl)n2)CC1. The van der Waals surface area contributed by atoms with Crippen molar-refractivity contribution >= 4 is 45.7 Å². The van der Waals surface area contributed by atoms with Gasteiger partial charge in [0.25, 0.3) is 0 Å². The number of carbonyl (C=O) groups excluding carboxylic acids is 1. The van der Waals surface area contributed by atoms with Crippen LogP contribution in [0.5, 0.6) is 0 Å². The van der Waals surface area contributed by atoms with Crippen LogP contribution < -0.4 is 20.7 Å². The summed E-state index contributed by atoms with van der Waals surface area (Å²) in [5, 5.41) is 10.5. The Kier molecular flexibility index (Phi) is 8.92. The fraction of sp³-hybridized carbons (Fsp3) is 0.375. The van der Waals surface area contributed by atoms with Gasteiger partial charge in [-0.2, -0.15) is 0 Å². The topological polar surface area (TPSA) is 147 Å². The van der Waals surface area contributed by atoms with Crippen LogP contribution in [0.3, 0.4) is 0 Å². The zero-order valence-electron chi connectivity index (χ0n) is 19.6. The second-order valence-corrected chi connectivity index (χ2v) is 9.90. The Labute approximate surface area is 217 Å². The molecule has 2 atom stereocenters. The Morgan fingerprint density at radius 1 is 1.33 bits per heavy atom. The normalized spacial score (nSPS) is 19.4. The quantitative estimate of drug-likeness (QED) is 0.154. The summed E-state index contributed by atoms with van der Waals surface area (Å²) in [4.78, 5) is 24.2. The van der Waals surface area contributed by atoms with Gasteiger partial charge in [0.2, 0.25) is 0 Å². The Balaban J connectivity index is 1.39. The van der Waals surface area contributed by atoms with Crippen LogP contribution in [-0.4, -0.2) is 54.9 Å². The van der Waals surface area contributed by atoms with E-state index in [9.17, 15) is 13.6 Å². The second kappa shape index (κ2) is 12.3. The van der Waals surface area contributed by atoms with Gasteiger partial charge in [-0.1, -0.05) is 17.7 Å². The standard InChI is InChI=1S/C24H30ClN7O3S/c1-2-9-27-24(33)31-20(14-29-36(34)35)15-5-7-17(8-6-15)30-22-12-16(11-21(25)32-22)19-13-28-23-18(19)4-3-10-26-23/h2-4,10-13,15,17,20,29H,1,5-9,14H2,(H,26,28)(H,30,32)(H,34,35)(H2,27,31,33)/p-1. The highest BCUT2D eigenvalue weighted by Gasteiger charge is 2.29. The predicted molar refractivity (Wildman–Crippen MR) is 141 cm³/mol. The largest absolute Gasteiger partial charge is 0.760 e. The highest BCUT2D eigenvalue weighted by atomic mass is 35.5. The smallest absolute Gasteiger partial charge is 0.315 e. The van der Waals surface area contributed by atoms with Crippen molar-refractivity contribution in [2.75, 3.05) is 18.4 Å². The molecule has 1 aliphatic rings. The Bertz CT molecular complexity index is 1230. The predicted octanol–water partition coefficient (Wildman–Crippen LogP) is 3.49. The molecule has 10 nitrogen and oxygen atoms in total. The molecular weight excluding hydrogens is 502 g/mol. The Hall–Kier alpha value is -2.99. The monoisotopic (exact) mass is 530 g/mol. The van der Waals surface area contributed by atoms with Crippen molar-refractivity contribution in [1.82, 2.24) is 30.3 Å². The second-order valence-electron chi connectivity index (χ2n) is 8.75. The fourth-order valence-electron chi connectivity index (χ4n) is 4.67. The molecule has 3 aromatic rings. The number of nitrogens with zero attached hydrogens (tertiary/aromatic N) is 2. The molecule has 0 aromatic carbocycles. The van der Waals surface area contributed by atoms with E-state index in [1.165, 1.54) is 0 Å². The number of hydrogen-bond acceptors (Lipinski definition) is 6. The summed E-state index contributed by atoms with van der Waals surface area (Å²) < 4.78 is 24.5. The van der Waals surface area contributed by atoms with Gasteiger partial charge >= 0.3 is 6.03 Å². The van der Waals surface area contributed by atoms with Gasteiger partial charge in [-0.3, -0.25) is 4.21 Å². The molecule has 0 aliphatic heterocycles. The average Bonchev–Trinajstić information content (AvgIpc) is 3.30. The maximum absolute atomic E-state index is 12.2. The third kappa shape index (κ3) is 6.82. The number of aromatic amines is 1. The van der Waals surface area contributed by atoms with Gasteiger partial charge in [0.1, 0.15) is 16.6 Å². The van der Waals surface area contributed by atoms with Crippen molar-refractivity contribution in [3.63, 3.8) is 0 Å². The van der Waals surface area contributed by atoms with Crippen molar-refractivity contribution in [1.29, 1.82) is 0 Å². The zero-order valence-corrected chi connectivity index (χ0v) is 21.2. The highest BCUT2D eigenvalue weighted by molar-refractivity contribution is 7.77. The number of nitrogens with one attached hydrogen (secondary N) is 5. The minimum absolute atomic E-state index is 0.134. The summed E-state index contributed by atoms with van der Waals surface area (Å²) in [5.74, 6) is 0.830. The lowest BCUT2D eigenvalue weighted by Gasteiger charge is -2.35. The van der Waals surface area contributed by atoms with Gasteiger partial charge in [0.15, 0.2) is 0 Å². The first-order chi connectivity index (χ1) is 17.4. The van der Waals surface area contributed by atoms with E-state index in [4.69, 9.17) is 11.6 Å². The number of rotatable bonds is 10. The molecule has 0 spiro atoms. The minimum Gasteiger partial charge on any atom is -0.760 e. The summed E-state index contributed by atoms with van der Waals surface area (Å²) in [5.41, 5.74) is 2.75. The number of anilines is 1.